The van der Waals surface area contributed by atoms with Gasteiger partial charge in [-0.2, -0.15) is 4.98 Å². The summed E-state index contributed by atoms with van der Waals surface area (Å²) in [5, 5.41) is 7.05. The van der Waals surface area contributed by atoms with E-state index in [9.17, 15) is 0 Å². The lowest BCUT2D eigenvalue weighted by Crippen LogP contribution is -2.40. The number of hydrogen-bond acceptors (Lipinski definition) is 5. The van der Waals surface area contributed by atoms with Crippen molar-refractivity contribution in [3.63, 3.8) is 0 Å². The molecule has 1 fully saturated rings. The van der Waals surface area contributed by atoms with Crippen LogP contribution in [-0.4, -0.2) is 28.8 Å². The SMILES string of the molecule is NC1CCCC(NCCc2ncno2)C1. The minimum atomic E-state index is 0.375. The lowest BCUT2D eigenvalue weighted by molar-refractivity contribution is 0.330. The van der Waals surface area contributed by atoms with Crippen LogP contribution in [0.25, 0.3) is 0 Å². The highest BCUT2D eigenvalue weighted by Gasteiger charge is 2.18. The molecule has 1 aliphatic carbocycles. The Morgan fingerprint density at radius 1 is 1.53 bits per heavy atom. The number of aromatic nitrogens is 2. The van der Waals surface area contributed by atoms with Crippen LogP contribution in [0.4, 0.5) is 0 Å². The summed E-state index contributed by atoms with van der Waals surface area (Å²) in [6.07, 6.45) is 6.96. The molecule has 5 heteroatoms. The molecule has 0 spiro atoms. The topological polar surface area (TPSA) is 77.0 Å². The molecule has 0 bridgehead atoms. The summed E-state index contributed by atoms with van der Waals surface area (Å²) in [4.78, 5) is 3.97. The molecule has 1 saturated carbocycles. The minimum absolute atomic E-state index is 0.375. The molecule has 2 unspecified atom stereocenters. The maximum absolute atomic E-state index is 5.91. The minimum Gasteiger partial charge on any atom is -0.340 e. The molecule has 3 N–H and O–H groups in total. The van der Waals surface area contributed by atoms with E-state index in [2.05, 4.69) is 15.5 Å². The van der Waals surface area contributed by atoms with Crippen molar-refractivity contribution in [3.8, 4) is 0 Å². The maximum Gasteiger partial charge on any atom is 0.227 e. The van der Waals surface area contributed by atoms with E-state index in [0.29, 0.717) is 18.0 Å². The zero-order valence-electron chi connectivity index (χ0n) is 8.85. The average molecular weight is 210 g/mol. The van der Waals surface area contributed by atoms with E-state index in [4.69, 9.17) is 10.3 Å². The Hall–Kier alpha value is -0.940. The van der Waals surface area contributed by atoms with Crippen molar-refractivity contribution < 1.29 is 4.52 Å². The quantitative estimate of drug-likeness (QED) is 0.755. The van der Waals surface area contributed by atoms with Gasteiger partial charge in [0.25, 0.3) is 0 Å². The second-order valence-electron chi connectivity index (χ2n) is 4.16. The van der Waals surface area contributed by atoms with E-state index < -0.39 is 0 Å². The first kappa shape index (κ1) is 10.6. The molecule has 1 aliphatic rings. The fraction of sp³-hybridized carbons (Fsp3) is 0.800. The van der Waals surface area contributed by atoms with Crippen LogP contribution in [0.2, 0.25) is 0 Å². The highest BCUT2D eigenvalue weighted by atomic mass is 16.5. The van der Waals surface area contributed by atoms with Crippen molar-refractivity contribution in [3.05, 3.63) is 12.2 Å². The summed E-state index contributed by atoms with van der Waals surface area (Å²) >= 11 is 0. The molecule has 2 atom stereocenters. The van der Waals surface area contributed by atoms with Crippen LogP contribution in [0.15, 0.2) is 10.9 Å². The summed E-state index contributed by atoms with van der Waals surface area (Å²) in [5.74, 6) is 0.697. The van der Waals surface area contributed by atoms with E-state index in [1.807, 2.05) is 0 Å². The second kappa shape index (κ2) is 5.23. The first-order valence-corrected chi connectivity index (χ1v) is 5.59. The molecule has 1 aromatic heterocycles. The van der Waals surface area contributed by atoms with Gasteiger partial charge in [0.15, 0.2) is 6.33 Å². The molecule has 84 valence electrons. The van der Waals surface area contributed by atoms with Crippen LogP contribution in [0.1, 0.15) is 31.6 Å². The predicted molar refractivity (Wildman–Crippen MR) is 56.2 cm³/mol. The summed E-state index contributed by atoms with van der Waals surface area (Å²) in [6.45, 7) is 0.888. The fourth-order valence-corrected chi connectivity index (χ4v) is 2.10. The molecule has 5 nitrogen and oxygen atoms in total. The summed E-state index contributed by atoms with van der Waals surface area (Å²) < 4.78 is 4.92. The van der Waals surface area contributed by atoms with Gasteiger partial charge in [-0.05, 0) is 19.3 Å². The van der Waals surface area contributed by atoms with Crippen molar-refractivity contribution in [2.75, 3.05) is 6.54 Å². The molecule has 0 radical (unpaired) electrons. The summed E-state index contributed by atoms with van der Waals surface area (Å²) in [6, 6.07) is 0.941. The Balaban J connectivity index is 1.65. The van der Waals surface area contributed by atoms with Crippen LogP contribution in [0, 0.1) is 0 Å². The molecular formula is C10H18N4O. The summed E-state index contributed by atoms with van der Waals surface area (Å²) in [7, 11) is 0. The number of nitrogens with two attached hydrogens (primary N) is 1. The van der Waals surface area contributed by atoms with Crippen molar-refractivity contribution in [2.45, 2.75) is 44.2 Å². The smallest absolute Gasteiger partial charge is 0.227 e. The third-order valence-corrected chi connectivity index (χ3v) is 2.89. The van der Waals surface area contributed by atoms with Crippen LogP contribution < -0.4 is 11.1 Å². The third-order valence-electron chi connectivity index (χ3n) is 2.89. The van der Waals surface area contributed by atoms with Gasteiger partial charge in [0, 0.05) is 25.0 Å². The van der Waals surface area contributed by atoms with E-state index in [0.717, 1.165) is 19.4 Å². The van der Waals surface area contributed by atoms with Gasteiger partial charge < -0.3 is 15.6 Å². The van der Waals surface area contributed by atoms with E-state index >= 15 is 0 Å². The van der Waals surface area contributed by atoms with Crippen molar-refractivity contribution in [2.24, 2.45) is 5.73 Å². The molecule has 15 heavy (non-hydrogen) atoms. The van der Waals surface area contributed by atoms with Gasteiger partial charge >= 0.3 is 0 Å². The van der Waals surface area contributed by atoms with Gasteiger partial charge in [-0.3, -0.25) is 0 Å². The number of rotatable bonds is 4. The first-order chi connectivity index (χ1) is 7.34. The molecule has 1 heterocycles. The Bertz CT molecular complexity index is 275. The average Bonchev–Trinajstić information content (AvgIpc) is 2.71. The molecule has 0 amide bonds. The van der Waals surface area contributed by atoms with Gasteiger partial charge in [0.1, 0.15) is 0 Å². The van der Waals surface area contributed by atoms with Crippen molar-refractivity contribution in [1.82, 2.24) is 15.5 Å². The van der Waals surface area contributed by atoms with Crippen LogP contribution in [-0.2, 0) is 6.42 Å². The van der Waals surface area contributed by atoms with Crippen LogP contribution >= 0.6 is 0 Å². The highest BCUT2D eigenvalue weighted by Crippen LogP contribution is 2.16. The third kappa shape index (κ3) is 3.28. The highest BCUT2D eigenvalue weighted by molar-refractivity contribution is 4.82. The van der Waals surface area contributed by atoms with Crippen molar-refractivity contribution >= 4 is 0 Å². The largest absolute Gasteiger partial charge is 0.340 e. The predicted octanol–water partition coefficient (Wildman–Crippen LogP) is 0.472. The summed E-state index contributed by atoms with van der Waals surface area (Å²) in [5.41, 5.74) is 5.91. The van der Waals surface area contributed by atoms with Gasteiger partial charge in [-0.1, -0.05) is 11.6 Å². The first-order valence-electron chi connectivity index (χ1n) is 5.59. The maximum atomic E-state index is 5.91. The number of nitrogens with zero attached hydrogens (tertiary/aromatic N) is 2. The van der Waals surface area contributed by atoms with E-state index in [1.165, 1.54) is 25.6 Å². The molecular weight excluding hydrogens is 192 g/mol. The Labute approximate surface area is 89.4 Å². The molecule has 0 aliphatic heterocycles. The molecule has 0 aromatic carbocycles. The number of nitrogens with one attached hydrogen (secondary N) is 1. The Morgan fingerprint density at radius 3 is 3.20 bits per heavy atom. The van der Waals surface area contributed by atoms with Gasteiger partial charge in [0.2, 0.25) is 5.89 Å². The lowest BCUT2D eigenvalue weighted by atomic mass is 9.91. The van der Waals surface area contributed by atoms with Crippen LogP contribution in [0.3, 0.4) is 0 Å². The molecule has 2 rings (SSSR count). The van der Waals surface area contributed by atoms with Gasteiger partial charge in [-0.15, -0.1) is 0 Å². The van der Waals surface area contributed by atoms with E-state index in [1.54, 1.807) is 0 Å². The molecule has 1 aromatic rings. The number of hydrogen-bond donors (Lipinski definition) is 2. The lowest BCUT2D eigenvalue weighted by Gasteiger charge is -2.27. The normalized spacial score (nSPS) is 26.7. The fourth-order valence-electron chi connectivity index (χ4n) is 2.10. The standard InChI is InChI=1S/C10H18N4O/c11-8-2-1-3-9(6-8)12-5-4-10-13-7-14-15-10/h7-9,12H,1-6,11H2. The second-order valence-corrected chi connectivity index (χ2v) is 4.16. The van der Waals surface area contributed by atoms with Crippen LogP contribution in [0.5, 0.6) is 0 Å². The Kier molecular flexibility index (Phi) is 3.69. The zero-order chi connectivity index (χ0) is 10.5. The Morgan fingerprint density at radius 2 is 2.47 bits per heavy atom. The van der Waals surface area contributed by atoms with E-state index in [-0.39, 0.29) is 0 Å². The van der Waals surface area contributed by atoms with Crippen molar-refractivity contribution in [1.29, 1.82) is 0 Å². The molecule has 0 saturated heterocycles. The monoisotopic (exact) mass is 210 g/mol. The van der Waals surface area contributed by atoms with Gasteiger partial charge in [0.05, 0.1) is 0 Å². The van der Waals surface area contributed by atoms with Gasteiger partial charge in [-0.25, -0.2) is 0 Å². The zero-order valence-corrected chi connectivity index (χ0v) is 8.85.